The number of likely N-dealkylation sites (N-methyl/N-ethyl adjacent to an activating group) is 1. The molecule has 1 unspecified atom stereocenters. The highest BCUT2D eigenvalue weighted by atomic mass is 16.3. The van der Waals surface area contributed by atoms with Crippen LogP contribution in [0.3, 0.4) is 0 Å². The van der Waals surface area contributed by atoms with Crippen molar-refractivity contribution in [1.29, 1.82) is 0 Å². The van der Waals surface area contributed by atoms with Crippen LogP contribution in [0.15, 0.2) is 0 Å². The molecule has 1 atom stereocenters. The van der Waals surface area contributed by atoms with Crippen LogP contribution in [-0.4, -0.2) is 48.5 Å². The van der Waals surface area contributed by atoms with Gasteiger partial charge in [0, 0.05) is 0 Å². The van der Waals surface area contributed by atoms with Crippen LogP contribution in [0, 0.1) is 0 Å². The molecular formula is C9H20N2O3. The quantitative estimate of drug-likeness (QED) is 0.422. The normalized spacial score (nSPS) is 12.9. The summed E-state index contributed by atoms with van der Waals surface area (Å²) in [5, 5.41) is 23.0. The third-order valence-electron chi connectivity index (χ3n) is 2.03. The number of hydrogen-bond donors (Lipinski definition) is 4. The van der Waals surface area contributed by atoms with Crippen molar-refractivity contribution < 1.29 is 15.0 Å². The van der Waals surface area contributed by atoms with Crippen molar-refractivity contribution in [1.82, 2.24) is 10.6 Å². The summed E-state index contributed by atoms with van der Waals surface area (Å²) in [6, 6.07) is -0.809. The Bertz CT molecular complexity index is 160. The summed E-state index contributed by atoms with van der Waals surface area (Å²) in [4.78, 5) is 11.5. The lowest BCUT2D eigenvalue weighted by atomic mass is 10.1. The van der Waals surface area contributed by atoms with E-state index in [9.17, 15) is 4.79 Å². The molecule has 0 spiro atoms. The molecule has 0 aliphatic rings. The maximum Gasteiger partial charge on any atom is 0.237 e. The summed E-state index contributed by atoms with van der Waals surface area (Å²) >= 11 is 0. The molecule has 5 heteroatoms. The highest BCUT2D eigenvalue weighted by molar-refractivity contribution is 5.81. The molecule has 0 fully saturated rings. The molecule has 0 aromatic heterocycles. The first-order valence-electron chi connectivity index (χ1n) is 4.88. The van der Waals surface area contributed by atoms with Crippen LogP contribution in [0.2, 0.25) is 0 Å². The standard InChI is InChI=1S/C9H20N2O3/c1-3-4-8(10-2)9(14)11-7(5-12)6-13/h7-8,10,12-13H,3-6H2,1-2H3,(H,11,14). The summed E-state index contributed by atoms with van der Waals surface area (Å²) in [6.07, 6.45) is 1.65. The van der Waals surface area contributed by atoms with Crippen molar-refractivity contribution in [3.63, 3.8) is 0 Å². The lowest BCUT2D eigenvalue weighted by Crippen LogP contribution is -2.49. The third-order valence-corrected chi connectivity index (χ3v) is 2.03. The number of aliphatic hydroxyl groups excluding tert-OH is 2. The molecule has 5 nitrogen and oxygen atoms in total. The minimum atomic E-state index is -0.560. The first-order chi connectivity index (χ1) is 6.69. The largest absolute Gasteiger partial charge is 0.394 e. The summed E-state index contributed by atoms with van der Waals surface area (Å²) in [7, 11) is 1.72. The Hall–Kier alpha value is -0.650. The molecule has 0 aromatic rings. The number of aliphatic hydroxyl groups is 2. The summed E-state index contributed by atoms with van der Waals surface area (Å²) in [6.45, 7) is 1.50. The Morgan fingerprint density at radius 1 is 1.36 bits per heavy atom. The average molecular weight is 204 g/mol. The molecular weight excluding hydrogens is 184 g/mol. The van der Waals surface area contributed by atoms with E-state index in [1.807, 2.05) is 6.92 Å². The van der Waals surface area contributed by atoms with Crippen molar-refractivity contribution in [2.24, 2.45) is 0 Å². The fraction of sp³-hybridized carbons (Fsp3) is 0.889. The first kappa shape index (κ1) is 13.4. The van der Waals surface area contributed by atoms with E-state index in [4.69, 9.17) is 10.2 Å². The summed E-state index contributed by atoms with van der Waals surface area (Å²) < 4.78 is 0. The Morgan fingerprint density at radius 2 is 1.93 bits per heavy atom. The fourth-order valence-corrected chi connectivity index (χ4v) is 1.15. The van der Waals surface area contributed by atoms with Crippen molar-refractivity contribution in [3.8, 4) is 0 Å². The number of carbonyl (C=O) groups excluding carboxylic acids is 1. The van der Waals surface area contributed by atoms with Crippen LogP contribution in [-0.2, 0) is 4.79 Å². The van der Waals surface area contributed by atoms with Gasteiger partial charge < -0.3 is 20.8 Å². The Balaban J connectivity index is 4.01. The first-order valence-corrected chi connectivity index (χ1v) is 4.88. The van der Waals surface area contributed by atoms with Crippen LogP contribution in [0.4, 0.5) is 0 Å². The zero-order chi connectivity index (χ0) is 11.0. The van der Waals surface area contributed by atoms with Gasteiger partial charge in [0.05, 0.1) is 25.3 Å². The van der Waals surface area contributed by atoms with E-state index < -0.39 is 6.04 Å². The van der Waals surface area contributed by atoms with Crippen LogP contribution >= 0.6 is 0 Å². The van der Waals surface area contributed by atoms with Crippen molar-refractivity contribution in [3.05, 3.63) is 0 Å². The van der Waals surface area contributed by atoms with Crippen LogP contribution in [0.5, 0.6) is 0 Å². The minimum Gasteiger partial charge on any atom is -0.394 e. The molecule has 0 aliphatic heterocycles. The Morgan fingerprint density at radius 3 is 2.29 bits per heavy atom. The number of nitrogens with one attached hydrogen (secondary N) is 2. The van der Waals surface area contributed by atoms with Crippen molar-refractivity contribution >= 4 is 5.91 Å². The molecule has 84 valence electrons. The van der Waals surface area contributed by atoms with Crippen LogP contribution in [0.1, 0.15) is 19.8 Å². The van der Waals surface area contributed by atoms with Crippen molar-refractivity contribution in [2.45, 2.75) is 31.8 Å². The van der Waals surface area contributed by atoms with Gasteiger partial charge in [0.1, 0.15) is 0 Å². The Kier molecular flexibility index (Phi) is 7.37. The van der Waals surface area contributed by atoms with Gasteiger partial charge in [0.25, 0.3) is 0 Å². The lowest BCUT2D eigenvalue weighted by molar-refractivity contribution is -0.124. The monoisotopic (exact) mass is 204 g/mol. The minimum absolute atomic E-state index is 0.178. The molecule has 0 heterocycles. The second kappa shape index (κ2) is 7.73. The molecule has 0 bridgehead atoms. The van der Waals surface area contributed by atoms with E-state index in [1.54, 1.807) is 7.05 Å². The van der Waals surface area contributed by atoms with Gasteiger partial charge in [0.2, 0.25) is 5.91 Å². The molecule has 0 saturated heterocycles. The van der Waals surface area contributed by atoms with E-state index in [0.29, 0.717) is 0 Å². The third kappa shape index (κ3) is 4.55. The van der Waals surface area contributed by atoms with Crippen LogP contribution < -0.4 is 10.6 Å². The second-order valence-electron chi connectivity index (χ2n) is 3.20. The molecule has 0 aromatic carbocycles. The molecule has 0 rings (SSSR count). The number of rotatable bonds is 7. The van der Waals surface area contributed by atoms with Gasteiger partial charge in [-0.1, -0.05) is 13.3 Å². The average Bonchev–Trinajstić information content (AvgIpc) is 2.22. The lowest BCUT2D eigenvalue weighted by Gasteiger charge is -2.19. The maximum absolute atomic E-state index is 11.5. The highest BCUT2D eigenvalue weighted by Crippen LogP contribution is 1.96. The summed E-state index contributed by atoms with van der Waals surface area (Å²) in [5.41, 5.74) is 0. The van der Waals surface area contributed by atoms with E-state index in [0.717, 1.165) is 12.8 Å². The SMILES string of the molecule is CCCC(NC)C(=O)NC(CO)CO. The zero-order valence-electron chi connectivity index (χ0n) is 8.79. The molecule has 0 saturated carbocycles. The smallest absolute Gasteiger partial charge is 0.237 e. The van der Waals surface area contributed by atoms with Gasteiger partial charge >= 0.3 is 0 Å². The molecule has 4 N–H and O–H groups in total. The highest BCUT2D eigenvalue weighted by Gasteiger charge is 2.17. The fourth-order valence-electron chi connectivity index (χ4n) is 1.15. The van der Waals surface area contributed by atoms with E-state index in [1.165, 1.54) is 0 Å². The number of carbonyl (C=O) groups is 1. The predicted molar refractivity (Wildman–Crippen MR) is 53.9 cm³/mol. The van der Waals surface area contributed by atoms with Gasteiger partial charge in [-0.15, -0.1) is 0 Å². The van der Waals surface area contributed by atoms with Crippen molar-refractivity contribution in [2.75, 3.05) is 20.3 Å². The molecule has 0 radical (unpaired) electrons. The van der Waals surface area contributed by atoms with E-state index in [2.05, 4.69) is 10.6 Å². The maximum atomic E-state index is 11.5. The Labute approximate surface area is 84.5 Å². The zero-order valence-corrected chi connectivity index (χ0v) is 8.79. The molecule has 1 amide bonds. The van der Waals surface area contributed by atoms with E-state index >= 15 is 0 Å². The van der Waals surface area contributed by atoms with E-state index in [-0.39, 0.29) is 25.2 Å². The van der Waals surface area contributed by atoms with Gasteiger partial charge in [0.15, 0.2) is 0 Å². The predicted octanol–water partition coefficient (Wildman–Crippen LogP) is -1.16. The van der Waals surface area contributed by atoms with Crippen LogP contribution in [0.25, 0.3) is 0 Å². The van der Waals surface area contributed by atoms with Gasteiger partial charge in [-0.2, -0.15) is 0 Å². The number of amides is 1. The second-order valence-corrected chi connectivity index (χ2v) is 3.20. The number of hydrogen-bond acceptors (Lipinski definition) is 4. The van der Waals surface area contributed by atoms with Gasteiger partial charge in [-0.25, -0.2) is 0 Å². The van der Waals surface area contributed by atoms with Gasteiger partial charge in [-0.3, -0.25) is 4.79 Å². The topological polar surface area (TPSA) is 81.6 Å². The summed E-state index contributed by atoms with van der Waals surface area (Å²) in [5.74, 6) is -0.178. The molecule has 0 aliphatic carbocycles. The molecule has 14 heavy (non-hydrogen) atoms. The van der Waals surface area contributed by atoms with Gasteiger partial charge in [-0.05, 0) is 13.5 Å².